The van der Waals surface area contributed by atoms with Crippen molar-refractivity contribution >= 4 is 0 Å². The molecule has 0 bridgehead atoms. The van der Waals surface area contributed by atoms with Crippen LogP contribution in [0.2, 0.25) is 0 Å². The van der Waals surface area contributed by atoms with Gasteiger partial charge in [0.2, 0.25) is 0 Å². The van der Waals surface area contributed by atoms with Crippen molar-refractivity contribution in [1.29, 1.82) is 0 Å². The Morgan fingerprint density at radius 2 is 1.84 bits per heavy atom. The van der Waals surface area contributed by atoms with E-state index in [2.05, 4.69) is 45.0 Å². The van der Waals surface area contributed by atoms with E-state index in [1.54, 1.807) is 0 Å². The second-order valence-corrected chi connectivity index (χ2v) is 6.67. The van der Waals surface area contributed by atoms with Crippen molar-refractivity contribution in [2.45, 2.75) is 64.9 Å². The Labute approximate surface area is 118 Å². The normalized spacial score (nSPS) is 27.7. The van der Waals surface area contributed by atoms with Crippen molar-refractivity contribution in [2.75, 3.05) is 0 Å². The summed E-state index contributed by atoms with van der Waals surface area (Å²) >= 11 is 0. The first-order valence-corrected chi connectivity index (χ1v) is 7.82. The Morgan fingerprint density at radius 1 is 1.21 bits per heavy atom. The maximum atomic E-state index is 10.9. The lowest BCUT2D eigenvalue weighted by Crippen LogP contribution is -2.38. The molecule has 1 fully saturated rings. The van der Waals surface area contributed by atoms with Gasteiger partial charge >= 0.3 is 0 Å². The molecule has 0 saturated heterocycles. The number of aryl methyl sites for hydroxylation is 1. The summed E-state index contributed by atoms with van der Waals surface area (Å²) in [4.78, 5) is 0. The molecule has 1 aliphatic rings. The highest BCUT2D eigenvalue weighted by atomic mass is 16.3. The van der Waals surface area contributed by atoms with E-state index in [4.69, 9.17) is 0 Å². The zero-order chi connectivity index (χ0) is 13.9. The van der Waals surface area contributed by atoms with E-state index in [1.807, 2.05) is 0 Å². The molecule has 0 spiro atoms. The molecule has 1 nitrogen and oxygen atoms in total. The lowest BCUT2D eigenvalue weighted by atomic mass is 9.71. The molecule has 0 amide bonds. The van der Waals surface area contributed by atoms with Crippen LogP contribution < -0.4 is 0 Å². The Bertz CT molecular complexity index is 393. The summed E-state index contributed by atoms with van der Waals surface area (Å²) in [6, 6.07) is 8.77. The Hall–Kier alpha value is -0.820. The topological polar surface area (TPSA) is 20.2 Å². The van der Waals surface area contributed by atoms with Crippen molar-refractivity contribution in [3.8, 4) is 0 Å². The van der Waals surface area contributed by atoms with Crippen molar-refractivity contribution < 1.29 is 5.11 Å². The van der Waals surface area contributed by atoms with Crippen LogP contribution in [-0.4, -0.2) is 10.7 Å². The van der Waals surface area contributed by atoms with Gasteiger partial charge in [-0.05, 0) is 48.6 Å². The summed E-state index contributed by atoms with van der Waals surface area (Å²) in [5.41, 5.74) is 2.18. The van der Waals surface area contributed by atoms with E-state index >= 15 is 0 Å². The van der Waals surface area contributed by atoms with Crippen molar-refractivity contribution in [3.63, 3.8) is 0 Å². The van der Waals surface area contributed by atoms with E-state index in [-0.39, 0.29) is 0 Å². The van der Waals surface area contributed by atoms with E-state index in [9.17, 15) is 5.11 Å². The van der Waals surface area contributed by atoms with Crippen LogP contribution in [-0.2, 0) is 12.8 Å². The average Bonchev–Trinajstić information content (AvgIpc) is 2.39. The van der Waals surface area contributed by atoms with Crippen LogP contribution in [0.15, 0.2) is 24.3 Å². The van der Waals surface area contributed by atoms with Crippen LogP contribution in [0.3, 0.4) is 0 Å². The molecule has 19 heavy (non-hydrogen) atoms. The van der Waals surface area contributed by atoms with Gasteiger partial charge in [-0.25, -0.2) is 0 Å². The molecule has 0 aliphatic heterocycles. The standard InChI is InChI=1S/C18H28O/c1-4-15-7-9-16(10-8-15)12-18(19)11-5-6-17(13-18)14(2)3/h7-10,14,17,19H,4-6,11-13H2,1-3H3. The van der Waals surface area contributed by atoms with Crippen molar-refractivity contribution in [1.82, 2.24) is 0 Å². The lowest BCUT2D eigenvalue weighted by molar-refractivity contribution is -0.0239. The molecule has 1 saturated carbocycles. The molecule has 1 N–H and O–H groups in total. The summed E-state index contributed by atoms with van der Waals surface area (Å²) in [6.45, 7) is 6.75. The molecule has 1 aromatic rings. The van der Waals surface area contributed by atoms with Gasteiger partial charge in [0.1, 0.15) is 0 Å². The molecule has 1 heteroatoms. The first-order chi connectivity index (χ1) is 9.02. The second-order valence-electron chi connectivity index (χ2n) is 6.67. The fourth-order valence-electron chi connectivity index (χ4n) is 3.39. The summed E-state index contributed by atoms with van der Waals surface area (Å²) in [5, 5.41) is 10.9. The van der Waals surface area contributed by atoms with Gasteiger partial charge in [-0.3, -0.25) is 0 Å². The smallest absolute Gasteiger partial charge is 0.0690 e. The fraction of sp³-hybridized carbons (Fsp3) is 0.667. The molecule has 1 aliphatic carbocycles. The predicted octanol–water partition coefficient (Wildman–Crippen LogP) is 4.37. The highest BCUT2D eigenvalue weighted by Gasteiger charge is 2.35. The number of hydrogen-bond acceptors (Lipinski definition) is 1. The van der Waals surface area contributed by atoms with Gasteiger partial charge in [0.05, 0.1) is 5.60 Å². The van der Waals surface area contributed by atoms with Crippen molar-refractivity contribution in [3.05, 3.63) is 35.4 Å². The van der Waals surface area contributed by atoms with E-state index in [0.29, 0.717) is 11.8 Å². The zero-order valence-electron chi connectivity index (χ0n) is 12.7. The number of benzene rings is 1. The molecule has 0 radical (unpaired) electrons. The van der Waals surface area contributed by atoms with Crippen LogP contribution in [0.5, 0.6) is 0 Å². The largest absolute Gasteiger partial charge is 0.390 e. The molecule has 1 aromatic carbocycles. The summed E-state index contributed by atoms with van der Waals surface area (Å²) in [6.07, 6.45) is 6.30. The Morgan fingerprint density at radius 3 is 2.42 bits per heavy atom. The Kier molecular flexibility index (Phi) is 4.67. The summed E-state index contributed by atoms with van der Waals surface area (Å²) < 4.78 is 0. The number of rotatable bonds is 4. The monoisotopic (exact) mass is 260 g/mol. The molecule has 0 aromatic heterocycles. The molecule has 106 valence electrons. The highest BCUT2D eigenvalue weighted by molar-refractivity contribution is 5.24. The SMILES string of the molecule is CCc1ccc(CC2(O)CCCC(C(C)C)C2)cc1. The second kappa shape index (κ2) is 6.09. The summed E-state index contributed by atoms with van der Waals surface area (Å²) in [5.74, 6) is 1.38. The van der Waals surface area contributed by atoms with E-state index < -0.39 is 5.60 Å². The van der Waals surface area contributed by atoms with E-state index in [0.717, 1.165) is 25.7 Å². The van der Waals surface area contributed by atoms with Crippen molar-refractivity contribution in [2.24, 2.45) is 11.8 Å². The minimum absolute atomic E-state index is 0.471. The quantitative estimate of drug-likeness (QED) is 0.852. The average molecular weight is 260 g/mol. The van der Waals surface area contributed by atoms with Gasteiger partial charge in [0.15, 0.2) is 0 Å². The third-order valence-corrected chi connectivity index (χ3v) is 4.77. The van der Waals surface area contributed by atoms with Crippen LogP contribution in [0.1, 0.15) is 57.6 Å². The molecule has 0 heterocycles. The predicted molar refractivity (Wildman–Crippen MR) is 81.3 cm³/mol. The first kappa shape index (κ1) is 14.6. The first-order valence-electron chi connectivity index (χ1n) is 7.82. The number of hydrogen-bond donors (Lipinski definition) is 1. The molecular weight excluding hydrogens is 232 g/mol. The highest BCUT2D eigenvalue weighted by Crippen LogP contribution is 2.38. The summed E-state index contributed by atoms with van der Waals surface area (Å²) in [7, 11) is 0. The number of aliphatic hydroxyl groups is 1. The van der Waals surface area contributed by atoms with Gasteiger partial charge in [-0.15, -0.1) is 0 Å². The molecule has 2 atom stereocenters. The minimum atomic E-state index is -0.471. The van der Waals surface area contributed by atoms with Gasteiger partial charge < -0.3 is 5.11 Å². The third-order valence-electron chi connectivity index (χ3n) is 4.77. The van der Waals surface area contributed by atoms with Gasteiger partial charge in [-0.1, -0.05) is 51.5 Å². The Balaban J connectivity index is 2.03. The maximum Gasteiger partial charge on any atom is 0.0690 e. The molecule has 2 unspecified atom stereocenters. The van der Waals surface area contributed by atoms with Crippen LogP contribution >= 0.6 is 0 Å². The van der Waals surface area contributed by atoms with Gasteiger partial charge in [-0.2, -0.15) is 0 Å². The van der Waals surface area contributed by atoms with Crippen LogP contribution in [0.4, 0.5) is 0 Å². The third kappa shape index (κ3) is 3.82. The fourth-order valence-corrected chi connectivity index (χ4v) is 3.39. The maximum absolute atomic E-state index is 10.9. The van der Waals surface area contributed by atoms with E-state index in [1.165, 1.54) is 24.0 Å². The molecule has 2 rings (SSSR count). The minimum Gasteiger partial charge on any atom is -0.390 e. The van der Waals surface area contributed by atoms with Gasteiger partial charge in [0, 0.05) is 6.42 Å². The van der Waals surface area contributed by atoms with Gasteiger partial charge in [0.25, 0.3) is 0 Å². The molecular formula is C18H28O. The lowest BCUT2D eigenvalue weighted by Gasteiger charge is -2.38. The van der Waals surface area contributed by atoms with Crippen LogP contribution in [0, 0.1) is 11.8 Å². The zero-order valence-corrected chi connectivity index (χ0v) is 12.7. The van der Waals surface area contributed by atoms with Crippen LogP contribution in [0.25, 0.3) is 0 Å².